The minimum Gasteiger partial charge on any atom is -0.488 e. The zero-order chi connectivity index (χ0) is 28.6. The van der Waals surface area contributed by atoms with Crippen LogP contribution in [0.25, 0.3) is 0 Å². The zero-order valence-electron chi connectivity index (χ0n) is 24.5. The number of ether oxygens (including phenoxy) is 1. The zero-order valence-corrected chi connectivity index (χ0v) is 24.5. The Labute approximate surface area is 239 Å². The fraction of sp³-hybridized carbons (Fsp3) is 0.710. The van der Waals surface area contributed by atoms with Crippen LogP contribution < -0.4 is 15.4 Å². The average molecular weight is 557 g/mol. The van der Waals surface area contributed by atoms with Crippen LogP contribution in [0, 0.1) is 11.8 Å². The van der Waals surface area contributed by atoms with Crippen molar-refractivity contribution in [3.05, 3.63) is 23.8 Å². The van der Waals surface area contributed by atoms with Crippen LogP contribution in [-0.2, 0) is 16.0 Å². The Morgan fingerprint density at radius 3 is 2.45 bits per heavy atom. The predicted molar refractivity (Wildman–Crippen MR) is 155 cm³/mol. The first kappa shape index (κ1) is 30.2. The number of likely N-dealkylation sites (N-methyl/N-ethyl adjacent to an activating group) is 1. The predicted octanol–water partition coefficient (Wildman–Crippen LogP) is 4.33. The van der Waals surface area contributed by atoms with Crippen molar-refractivity contribution in [1.82, 2.24) is 15.1 Å². The molecule has 3 atom stereocenters. The molecule has 9 heteroatoms. The minimum absolute atomic E-state index is 0.0262. The molecule has 1 aliphatic heterocycles. The van der Waals surface area contributed by atoms with E-state index in [-0.39, 0.29) is 60.9 Å². The summed E-state index contributed by atoms with van der Waals surface area (Å²) in [6.45, 7) is 4.48. The molecule has 2 saturated carbocycles. The van der Waals surface area contributed by atoms with Crippen LogP contribution in [0.5, 0.6) is 5.75 Å². The normalized spacial score (nSPS) is 23.6. The van der Waals surface area contributed by atoms with E-state index in [9.17, 15) is 19.5 Å². The van der Waals surface area contributed by atoms with Crippen molar-refractivity contribution in [2.75, 3.05) is 32.1 Å². The van der Waals surface area contributed by atoms with Crippen molar-refractivity contribution in [3.63, 3.8) is 0 Å². The van der Waals surface area contributed by atoms with Crippen molar-refractivity contribution in [3.8, 4) is 5.75 Å². The molecule has 0 spiro atoms. The highest BCUT2D eigenvalue weighted by atomic mass is 16.5. The Hall–Kier alpha value is -2.81. The number of fused-ring (bicyclic) bond motifs is 1. The Morgan fingerprint density at radius 2 is 1.77 bits per heavy atom. The van der Waals surface area contributed by atoms with Gasteiger partial charge in [0.1, 0.15) is 11.9 Å². The van der Waals surface area contributed by atoms with Gasteiger partial charge in [0, 0.05) is 42.7 Å². The summed E-state index contributed by atoms with van der Waals surface area (Å²) in [4.78, 5) is 42.8. The standard InChI is InChI=1S/C31H48N4O5/c1-21-18-35(22(2)20-36)29(37)17-24-16-26(32-30(38)23-10-6-4-7-11-23)14-15-27(24)40-28(21)19-34(3)31(39)33-25-12-8-5-9-13-25/h14-16,21-23,25,28,36H,4-13,17-20H2,1-3H3,(H,32,38)(H,33,39)/t21-,22-,28-/m0/s1. The van der Waals surface area contributed by atoms with Crippen LogP contribution >= 0.6 is 0 Å². The highest BCUT2D eigenvalue weighted by Crippen LogP contribution is 2.31. The van der Waals surface area contributed by atoms with Crippen LogP contribution in [0.1, 0.15) is 83.6 Å². The van der Waals surface area contributed by atoms with E-state index >= 15 is 0 Å². The molecular formula is C31H48N4O5. The third kappa shape index (κ3) is 7.89. The number of anilines is 1. The van der Waals surface area contributed by atoms with Crippen LogP contribution in [0.2, 0.25) is 0 Å². The van der Waals surface area contributed by atoms with Crippen molar-refractivity contribution < 1.29 is 24.2 Å². The smallest absolute Gasteiger partial charge is 0.317 e. The van der Waals surface area contributed by atoms with Crippen molar-refractivity contribution in [2.45, 2.75) is 103 Å². The fourth-order valence-corrected chi connectivity index (χ4v) is 6.22. The molecule has 0 aromatic heterocycles. The number of nitrogens with zero attached hydrogens (tertiary/aromatic N) is 2. The molecule has 40 heavy (non-hydrogen) atoms. The lowest BCUT2D eigenvalue weighted by molar-refractivity contribution is -0.134. The number of amides is 4. The van der Waals surface area contributed by atoms with Gasteiger partial charge in [-0.05, 0) is 50.8 Å². The van der Waals surface area contributed by atoms with Gasteiger partial charge in [-0.1, -0.05) is 45.4 Å². The lowest BCUT2D eigenvalue weighted by Crippen LogP contribution is -2.50. The van der Waals surface area contributed by atoms with Gasteiger partial charge in [-0.3, -0.25) is 9.59 Å². The second-order valence-corrected chi connectivity index (χ2v) is 12.2. The summed E-state index contributed by atoms with van der Waals surface area (Å²) in [7, 11) is 1.78. The van der Waals surface area contributed by atoms with Crippen molar-refractivity contribution in [2.24, 2.45) is 11.8 Å². The number of rotatable bonds is 7. The number of aliphatic hydroxyl groups excluding tert-OH is 1. The minimum atomic E-state index is -0.372. The summed E-state index contributed by atoms with van der Waals surface area (Å²) in [5.41, 5.74) is 1.34. The molecule has 2 aliphatic carbocycles. The van der Waals surface area contributed by atoms with Gasteiger partial charge in [0.25, 0.3) is 0 Å². The van der Waals surface area contributed by atoms with E-state index < -0.39 is 0 Å². The van der Waals surface area contributed by atoms with Gasteiger partial charge < -0.3 is 30.3 Å². The lowest BCUT2D eigenvalue weighted by Gasteiger charge is -2.34. The van der Waals surface area contributed by atoms with Gasteiger partial charge in [0.2, 0.25) is 11.8 Å². The molecule has 1 heterocycles. The molecule has 4 amide bonds. The molecule has 0 radical (unpaired) electrons. The number of nitrogens with one attached hydrogen (secondary N) is 2. The van der Waals surface area contributed by atoms with Gasteiger partial charge >= 0.3 is 6.03 Å². The summed E-state index contributed by atoms with van der Waals surface area (Å²) in [6.07, 6.45) is 10.4. The summed E-state index contributed by atoms with van der Waals surface area (Å²) in [5, 5.41) is 16.1. The summed E-state index contributed by atoms with van der Waals surface area (Å²) in [5.74, 6) is 0.443. The molecule has 1 aromatic rings. The molecule has 9 nitrogen and oxygen atoms in total. The first-order chi connectivity index (χ1) is 19.2. The second kappa shape index (κ2) is 14.2. The summed E-state index contributed by atoms with van der Waals surface area (Å²) >= 11 is 0. The Morgan fingerprint density at radius 1 is 1.10 bits per heavy atom. The van der Waals surface area contributed by atoms with Gasteiger partial charge in [-0.25, -0.2) is 4.79 Å². The fourth-order valence-electron chi connectivity index (χ4n) is 6.22. The number of carbonyl (C=O) groups excluding carboxylic acids is 3. The number of hydrogen-bond acceptors (Lipinski definition) is 5. The van der Waals surface area contributed by atoms with Gasteiger partial charge in [0.15, 0.2) is 0 Å². The molecule has 0 unspecified atom stereocenters. The van der Waals surface area contributed by atoms with Crippen molar-refractivity contribution >= 4 is 23.5 Å². The Kier molecular flexibility index (Phi) is 10.7. The van der Waals surface area contributed by atoms with E-state index in [1.165, 1.54) is 12.8 Å². The largest absolute Gasteiger partial charge is 0.488 e. The third-order valence-corrected chi connectivity index (χ3v) is 8.89. The topological polar surface area (TPSA) is 111 Å². The molecule has 3 aliphatic rings. The van der Waals surface area contributed by atoms with Crippen LogP contribution in [0.3, 0.4) is 0 Å². The van der Waals surface area contributed by atoms with Crippen LogP contribution in [0.4, 0.5) is 10.5 Å². The molecule has 0 saturated heterocycles. The quantitative estimate of drug-likeness (QED) is 0.463. The van der Waals surface area contributed by atoms with E-state index in [2.05, 4.69) is 10.6 Å². The lowest BCUT2D eigenvalue weighted by atomic mass is 9.88. The molecule has 3 N–H and O–H groups in total. The van der Waals surface area contributed by atoms with E-state index in [1.807, 2.05) is 32.0 Å². The molecule has 222 valence electrons. The summed E-state index contributed by atoms with van der Waals surface area (Å²) < 4.78 is 6.55. The maximum Gasteiger partial charge on any atom is 0.317 e. The number of hydrogen-bond donors (Lipinski definition) is 3. The van der Waals surface area contributed by atoms with E-state index in [0.29, 0.717) is 30.1 Å². The highest BCUT2D eigenvalue weighted by Gasteiger charge is 2.32. The van der Waals surface area contributed by atoms with Gasteiger partial charge in [0.05, 0.1) is 25.6 Å². The Bertz CT molecular complexity index is 1020. The average Bonchev–Trinajstić information content (AvgIpc) is 3.01. The second-order valence-electron chi connectivity index (χ2n) is 12.2. The molecular weight excluding hydrogens is 508 g/mol. The Balaban J connectivity index is 1.53. The molecule has 0 bridgehead atoms. The van der Waals surface area contributed by atoms with E-state index in [4.69, 9.17) is 4.74 Å². The molecule has 2 fully saturated rings. The van der Waals surface area contributed by atoms with Gasteiger partial charge in [-0.15, -0.1) is 0 Å². The van der Waals surface area contributed by atoms with E-state index in [0.717, 1.165) is 51.4 Å². The third-order valence-electron chi connectivity index (χ3n) is 8.89. The van der Waals surface area contributed by atoms with Crippen LogP contribution in [0.15, 0.2) is 18.2 Å². The van der Waals surface area contributed by atoms with Crippen LogP contribution in [-0.4, -0.2) is 77.7 Å². The maximum atomic E-state index is 13.5. The number of benzene rings is 1. The number of urea groups is 1. The summed E-state index contributed by atoms with van der Waals surface area (Å²) in [6, 6.07) is 5.24. The number of carbonyl (C=O) groups is 3. The van der Waals surface area contributed by atoms with E-state index in [1.54, 1.807) is 16.8 Å². The first-order valence-electron chi connectivity index (χ1n) is 15.3. The van der Waals surface area contributed by atoms with Crippen molar-refractivity contribution in [1.29, 1.82) is 0 Å². The van der Waals surface area contributed by atoms with Gasteiger partial charge in [-0.2, -0.15) is 0 Å². The highest BCUT2D eigenvalue weighted by molar-refractivity contribution is 5.93. The molecule has 4 rings (SSSR count). The number of aliphatic hydroxyl groups is 1. The monoisotopic (exact) mass is 556 g/mol. The SMILES string of the molecule is C[C@H]1CN([C@@H](C)CO)C(=O)Cc2cc(NC(=O)C3CCCCC3)ccc2O[C@H]1CN(C)C(=O)NC1CCCCC1. The molecule has 1 aromatic carbocycles. The maximum absolute atomic E-state index is 13.5. The first-order valence-corrected chi connectivity index (χ1v) is 15.3.